The number of aryl methyl sites for hydroxylation is 1. The van der Waals surface area contributed by atoms with Crippen LogP contribution in [-0.2, 0) is 12.0 Å². The third kappa shape index (κ3) is 4.05. The molecule has 0 fully saturated rings. The van der Waals surface area contributed by atoms with Gasteiger partial charge in [-0.3, -0.25) is 0 Å². The molecule has 1 aromatic carbocycles. The average molecular weight is 284 g/mol. The van der Waals surface area contributed by atoms with Crippen molar-refractivity contribution in [3.05, 3.63) is 53.2 Å². The molecule has 1 heterocycles. The molecule has 0 bridgehead atoms. The molecule has 0 radical (unpaired) electrons. The minimum Gasteiger partial charge on any atom is -0.439 e. The Morgan fingerprint density at radius 1 is 1.14 bits per heavy atom. The van der Waals surface area contributed by atoms with E-state index in [1.807, 2.05) is 25.4 Å². The molecule has 0 amide bonds. The van der Waals surface area contributed by atoms with E-state index in [1.165, 1.54) is 11.1 Å². The van der Waals surface area contributed by atoms with E-state index in [2.05, 4.69) is 56.2 Å². The van der Waals surface area contributed by atoms with Crippen LogP contribution in [0.1, 0.15) is 37.5 Å². The van der Waals surface area contributed by atoms with Gasteiger partial charge in [-0.15, -0.1) is 0 Å². The maximum atomic E-state index is 6.02. The summed E-state index contributed by atoms with van der Waals surface area (Å²) in [6.45, 7) is 9.45. The van der Waals surface area contributed by atoms with Crippen LogP contribution in [-0.4, -0.2) is 12.0 Å². The van der Waals surface area contributed by atoms with Crippen LogP contribution < -0.4 is 10.1 Å². The number of aromatic nitrogens is 1. The van der Waals surface area contributed by atoms with Gasteiger partial charge in [-0.2, -0.15) is 0 Å². The number of hydrogen-bond donors (Lipinski definition) is 1. The highest BCUT2D eigenvalue weighted by atomic mass is 16.5. The normalized spacial score (nSPS) is 11.5. The van der Waals surface area contributed by atoms with Crippen LogP contribution in [0.15, 0.2) is 36.5 Å². The van der Waals surface area contributed by atoms with E-state index >= 15 is 0 Å². The summed E-state index contributed by atoms with van der Waals surface area (Å²) in [5.74, 6) is 1.52. The van der Waals surface area contributed by atoms with Crippen LogP contribution >= 0.6 is 0 Å². The fraction of sp³-hybridized carbons (Fsp3) is 0.389. The molecular formula is C18H24N2O. The zero-order valence-corrected chi connectivity index (χ0v) is 13.5. The Morgan fingerprint density at radius 2 is 1.90 bits per heavy atom. The highest BCUT2D eigenvalue weighted by Crippen LogP contribution is 2.34. The number of hydrogen-bond acceptors (Lipinski definition) is 3. The zero-order valence-electron chi connectivity index (χ0n) is 13.5. The molecule has 0 aliphatic rings. The quantitative estimate of drug-likeness (QED) is 0.913. The van der Waals surface area contributed by atoms with Crippen LogP contribution in [0.5, 0.6) is 11.6 Å². The van der Waals surface area contributed by atoms with Gasteiger partial charge in [0, 0.05) is 24.4 Å². The first kappa shape index (κ1) is 15.5. The van der Waals surface area contributed by atoms with Crippen molar-refractivity contribution in [2.24, 2.45) is 0 Å². The first-order chi connectivity index (χ1) is 9.90. The molecule has 112 valence electrons. The second kappa shape index (κ2) is 6.27. The largest absolute Gasteiger partial charge is 0.439 e. The summed E-state index contributed by atoms with van der Waals surface area (Å²) in [5.41, 5.74) is 3.55. The Kier molecular flexibility index (Phi) is 4.63. The first-order valence-corrected chi connectivity index (χ1v) is 7.28. The topological polar surface area (TPSA) is 34.1 Å². The van der Waals surface area contributed by atoms with Gasteiger partial charge in [0.2, 0.25) is 5.88 Å². The van der Waals surface area contributed by atoms with Gasteiger partial charge < -0.3 is 10.1 Å². The predicted molar refractivity (Wildman–Crippen MR) is 87.0 cm³/mol. The van der Waals surface area contributed by atoms with Crippen LogP contribution in [0.4, 0.5) is 0 Å². The van der Waals surface area contributed by atoms with E-state index in [1.54, 1.807) is 0 Å². The van der Waals surface area contributed by atoms with E-state index in [-0.39, 0.29) is 5.41 Å². The molecule has 0 spiro atoms. The van der Waals surface area contributed by atoms with E-state index in [4.69, 9.17) is 4.74 Å². The van der Waals surface area contributed by atoms with Gasteiger partial charge in [0.05, 0.1) is 0 Å². The van der Waals surface area contributed by atoms with Crippen LogP contribution in [0.3, 0.4) is 0 Å². The van der Waals surface area contributed by atoms with Gasteiger partial charge in [-0.1, -0.05) is 39.0 Å². The van der Waals surface area contributed by atoms with E-state index in [0.717, 1.165) is 17.9 Å². The van der Waals surface area contributed by atoms with Crippen LogP contribution in [0, 0.1) is 6.92 Å². The highest BCUT2D eigenvalue weighted by molar-refractivity contribution is 5.43. The van der Waals surface area contributed by atoms with Crippen molar-refractivity contribution >= 4 is 0 Å². The number of rotatable bonds is 4. The Bertz CT molecular complexity index is 598. The molecule has 0 atom stereocenters. The number of benzene rings is 1. The number of nitrogens with one attached hydrogen (secondary N) is 1. The molecule has 0 saturated heterocycles. The van der Waals surface area contributed by atoms with Crippen LogP contribution in [0.2, 0.25) is 0 Å². The number of nitrogens with zero attached hydrogens (tertiary/aromatic N) is 1. The van der Waals surface area contributed by atoms with Gasteiger partial charge >= 0.3 is 0 Å². The molecular weight excluding hydrogens is 260 g/mol. The molecule has 21 heavy (non-hydrogen) atoms. The Hall–Kier alpha value is -1.87. The van der Waals surface area contributed by atoms with Crippen molar-refractivity contribution in [2.45, 2.75) is 39.7 Å². The average Bonchev–Trinajstić information content (AvgIpc) is 2.40. The lowest BCUT2D eigenvalue weighted by Gasteiger charge is -2.22. The Labute approximate surface area is 127 Å². The monoisotopic (exact) mass is 284 g/mol. The minimum absolute atomic E-state index is 0.0368. The predicted octanol–water partition coefficient (Wildman–Crippen LogP) is 4.20. The Morgan fingerprint density at radius 3 is 2.48 bits per heavy atom. The lowest BCUT2D eigenvalue weighted by atomic mass is 9.86. The fourth-order valence-corrected chi connectivity index (χ4v) is 2.23. The van der Waals surface area contributed by atoms with Gasteiger partial charge in [0.15, 0.2) is 0 Å². The standard InChI is InChI=1S/C18H24N2O/c1-13-6-8-15(18(2,3)4)16(10-13)21-17-9-7-14(11-19-5)12-20-17/h6-10,12,19H,11H2,1-5H3. The van der Waals surface area contributed by atoms with Crippen molar-refractivity contribution in [1.82, 2.24) is 10.3 Å². The highest BCUT2D eigenvalue weighted by Gasteiger charge is 2.19. The molecule has 0 aliphatic heterocycles. The summed E-state index contributed by atoms with van der Waals surface area (Å²) in [6, 6.07) is 10.3. The molecule has 2 rings (SSSR count). The van der Waals surface area contributed by atoms with Crippen LogP contribution in [0.25, 0.3) is 0 Å². The number of pyridine rings is 1. The third-order valence-electron chi connectivity index (χ3n) is 3.34. The lowest BCUT2D eigenvalue weighted by Crippen LogP contribution is -2.12. The summed E-state index contributed by atoms with van der Waals surface area (Å²) in [5, 5.41) is 3.11. The summed E-state index contributed by atoms with van der Waals surface area (Å²) in [4.78, 5) is 4.38. The second-order valence-electron chi connectivity index (χ2n) is 6.39. The minimum atomic E-state index is 0.0368. The molecule has 2 aromatic rings. The second-order valence-corrected chi connectivity index (χ2v) is 6.39. The summed E-state index contributed by atoms with van der Waals surface area (Å²) < 4.78 is 6.02. The molecule has 0 saturated carbocycles. The fourth-order valence-electron chi connectivity index (χ4n) is 2.23. The molecule has 1 aromatic heterocycles. The first-order valence-electron chi connectivity index (χ1n) is 7.28. The summed E-state index contributed by atoms with van der Waals surface area (Å²) in [7, 11) is 1.92. The van der Waals surface area contributed by atoms with Crippen molar-refractivity contribution in [3.63, 3.8) is 0 Å². The lowest BCUT2D eigenvalue weighted by molar-refractivity contribution is 0.439. The molecule has 3 nitrogen and oxygen atoms in total. The van der Waals surface area contributed by atoms with Crippen molar-refractivity contribution in [1.29, 1.82) is 0 Å². The maximum Gasteiger partial charge on any atom is 0.219 e. The van der Waals surface area contributed by atoms with Gasteiger partial charge in [-0.05, 0) is 36.6 Å². The van der Waals surface area contributed by atoms with E-state index < -0.39 is 0 Å². The maximum absolute atomic E-state index is 6.02. The third-order valence-corrected chi connectivity index (χ3v) is 3.34. The number of ether oxygens (including phenoxy) is 1. The molecule has 1 N–H and O–H groups in total. The smallest absolute Gasteiger partial charge is 0.219 e. The van der Waals surface area contributed by atoms with E-state index in [9.17, 15) is 0 Å². The summed E-state index contributed by atoms with van der Waals surface area (Å²) >= 11 is 0. The van der Waals surface area contributed by atoms with E-state index in [0.29, 0.717) is 5.88 Å². The SMILES string of the molecule is CNCc1ccc(Oc2cc(C)ccc2C(C)(C)C)nc1. The molecule has 0 aliphatic carbocycles. The Balaban J connectivity index is 2.28. The van der Waals surface area contributed by atoms with Crippen molar-refractivity contribution in [3.8, 4) is 11.6 Å². The molecule has 3 heteroatoms. The summed E-state index contributed by atoms with van der Waals surface area (Å²) in [6.07, 6.45) is 1.85. The van der Waals surface area contributed by atoms with Crippen molar-refractivity contribution in [2.75, 3.05) is 7.05 Å². The van der Waals surface area contributed by atoms with Gasteiger partial charge in [-0.25, -0.2) is 4.98 Å². The zero-order chi connectivity index (χ0) is 15.5. The molecule has 0 unspecified atom stereocenters. The van der Waals surface area contributed by atoms with Gasteiger partial charge in [0.25, 0.3) is 0 Å². The van der Waals surface area contributed by atoms with Gasteiger partial charge in [0.1, 0.15) is 5.75 Å². The van der Waals surface area contributed by atoms with Crippen molar-refractivity contribution < 1.29 is 4.74 Å².